The fraction of sp³-hybridized carbons (Fsp3) is 0. The standard InChI is InChI=1S/C5H3BrO2Se/c6-4-2-9-1-3(4)5(7)8/h1-2H,(H,7,8). The molecule has 0 aromatic carbocycles. The molecule has 0 aliphatic rings. The summed E-state index contributed by atoms with van der Waals surface area (Å²) in [6.45, 7) is 0. The number of hydrogen-bond acceptors (Lipinski definition) is 1. The van der Waals surface area contributed by atoms with E-state index in [1.165, 1.54) is 0 Å². The molecule has 1 N–H and O–H groups in total. The molecule has 48 valence electrons. The predicted molar refractivity (Wildman–Crippen MR) is 38.0 cm³/mol. The minimum absolute atomic E-state index is 0.243. The van der Waals surface area contributed by atoms with Crippen LogP contribution in [0.25, 0.3) is 0 Å². The average Bonchev–Trinajstić information content (AvgIpc) is 2.13. The van der Waals surface area contributed by atoms with E-state index in [0.717, 1.165) is 4.47 Å². The molecule has 0 fully saturated rings. The maximum absolute atomic E-state index is 10.3. The average molecular weight is 254 g/mol. The van der Waals surface area contributed by atoms with Crippen molar-refractivity contribution in [2.75, 3.05) is 0 Å². The molecule has 1 aromatic heterocycles. The van der Waals surface area contributed by atoms with E-state index in [0.29, 0.717) is 5.56 Å². The van der Waals surface area contributed by atoms with E-state index in [-0.39, 0.29) is 14.5 Å². The van der Waals surface area contributed by atoms with Gasteiger partial charge in [-0.1, -0.05) is 0 Å². The first-order chi connectivity index (χ1) is 4.22. The molecule has 0 aliphatic heterocycles. The first-order valence-electron chi connectivity index (χ1n) is 2.17. The van der Waals surface area contributed by atoms with Crippen LogP contribution in [0.3, 0.4) is 0 Å². The molecule has 2 nitrogen and oxygen atoms in total. The summed E-state index contributed by atoms with van der Waals surface area (Å²) in [5.74, 6) is -0.850. The van der Waals surface area contributed by atoms with Gasteiger partial charge in [-0.15, -0.1) is 0 Å². The second kappa shape index (κ2) is 2.69. The third-order valence-electron chi connectivity index (χ3n) is 0.845. The molecule has 0 amide bonds. The molecule has 0 saturated carbocycles. The van der Waals surface area contributed by atoms with Crippen LogP contribution in [0, 0.1) is 0 Å². The Morgan fingerprint density at radius 3 is 2.56 bits per heavy atom. The molecular weight excluding hydrogens is 251 g/mol. The zero-order valence-electron chi connectivity index (χ0n) is 4.30. The molecule has 1 rings (SSSR count). The van der Waals surface area contributed by atoms with Crippen molar-refractivity contribution in [2.24, 2.45) is 0 Å². The van der Waals surface area contributed by atoms with Gasteiger partial charge in [-0.05, 0) is 0 Å². The van der Waals surface area contributed by atoms with Gasteiger partial charge in [0.2, 0.25) is 0 Å². The van der Waals surface area contributed by atoms with Crippen molar-refractivity contribution in [3.8, 4) is 0 Å². The Labute approximate surface area is 66.4 Å². The third kappa shape index (κ3) is 1.45. The zero-order valence-corrected chi connectivity index (χ0v) is 7.60. The van der Waals surface area contributed by atoms with Crippen molar-refractivity contribution in [3.63, 3.8) is 0 Å². The maximum atomic E-state index is 10.3. The topological polar surface area (TPSA) is 37.3 Å². The summed E-state index contributed by atoms with van der Waals surface area (Å²) in [6, 6.07) is 0. The Morgan fingerprint density at radius 2 is 2.33 bits per heavy atom. The van der Waals surface area contributed by atoms with E-state index in [9.17, 15) is 4.79 Å². The van der Waals surface area contributed by atoms with Crippen LogP contribution in [0.2, 0.25) is 0 Å². The third-order valence-corrected chi connectivity index (χ3v) is 3.74. The molecule has 0 saturated heterocycles. The predicted octanol–water partition coefficient (Wildman–Crippen LogP) is 1.20. The summed E-state index contributed by atoms with van der Waals surface area (Å²) in [4.78, 5) is 13.9. The van der Waals surface area contributed by atoms with Gasteiger partial charge >= 0.3 is 66.2 Å². The van der Waals surface area contributed by atoms with Gasteiger partial charge in [-0.3, -0.25) is 0 Å². The summed E-state index contributed by atoms with van der Waals surface area (Å²) in [5, 5.41) is 8.45. The second-order valence-corrected chi connectivity index (χ2v) is 3.85. The molecule has 4 heteroatoms. The molecule has 1 aromatic rings. The van der Waals surface area contributed by atoms with Gasteiger partial charge in [0.1, 0.15) is 0 Å². The van der Waals surface area contributed by atoms with E-state index < -0.39 is 5.97 Å². The van der Waals surface area contributed by atoms with Crippen LogP contribution in [0.15, 0.2) is 14.4 Å². The molecule has 0 bridgehead atoms. The van der Waals surface area contributed by atoms with Crippen molar-refractivity contribution < 1.29 is 9.90 Å². The molecule has 0 atom stereocenters. The normalized spacial score (nSPS) is 9.44. The summed E-state index contributed by atoms with van der Waals surface area (Å²) < 4.78 is 0.718. The second-order valence-electron chi connectivity index (χ2n) is 1.44. The van der Waals surface area contributed by atoms with Crippen molar-refractivity contribution in [3.05, 3.63) is 19.9 Å². The van der Waals surface area contributed by atoms with Crippen LogP contribution < -0.4 is 0 Å². The van der Waals surface area contributed by atoms with Crippen molar-refractivity contribution in [1.82, 2.24) is 0 Å². The quantitative estimate of drug-likeness (QED) is 0.764. The van der Waals surface area contributed by atoms with Crippen molar-refractivity contribution in [1.29, 1.82) is 0 Å². The molecule has 1 heterocycles. The Morgan fingerprint density at radius 1 is 1.67 bits per heavy atom. The molecule has 9 heavy (non-hydrogen) atoms. The first-order valence-corrected chi connectivity index (χ1v) is 4.94. The van der Waals surface area contributed by atoms with Crippen LogP contribution in [-0.2, 0) is 0 Å². The van der Waals surface area contributed by atoms with Crippen LogP contribution >= 0.6 is 15.9 Å². The van der Waals surface area contributed by atoms with Crippen LogP contribution in [-0.4, -0.2) is 25.6 Å². The van der Waals surface area contributed by atoms with Gasteiger partial charge in [-0.2, -0.15) is 0 Å². The van der Waals surface area contributed by atoms with Crippen molar-refractivity contribution >= 4 is 36.4 Å². The monoisotopic (exact) mass is 254 g/mol. The number of rotatable bonds is 1. The Hall–Kier alpha value is -0.0505. The summed E-state index contributed by atoms with van der Waals surface area (Å²) in [6.07, 6.45) is 0. The Balaban J connectivity index is 3.08. The number of hydrogen-bond donors (Lipinski definition) is 1. The van der Waals surface area contributed by atoms with E-state index >= 15 is 0 Å². The zero-order chi connectivity index (χ0) is 6.85. The van der Waals surface area contributed by atoms with Crippen molar-refractivity contribution in [2.45, 2.75) is 0 Å². The minimum atomic E-state index is -0.850. The number of carbonyl (C=O) groups is 1. The summed E-state index contributed by atoms with van der Waals surface area (Å²) in [7, 11) is 0. The number of carboxylic acid groups (broad SMARTS) is 1. The van der Waals surface area contributed by atoms with Gasteiger partial charge < -0.3 is 0 Å². The van der Waals surface area contributed by atoms with Gasteiger partial charge in [0, 0.05) is 0 Å². The van der Waals surface area contributed by atoms with E-state index in [1.54, 1.807) is 4.94 Å². The first kappa shape index (κ1) is 7.06. The number of aromatic carboxylic acids is 1. The van der Waals surface area contributed by atoms with Crippen LogP contribution in [0.5, 0.6) is 0 Å². The number of halogens is 1. The molecule has 0 unspecified atom stereocenters. The fourth-order valence-corrected chi connectivity index (χ4v) is 3.04. The summed E-state index contributed by atoms with van der Waals surface area (Å²) in [5.41, 5.74) is 0.398. The van der Waals surface area contributed by atoms with Gasteiger partial charge in [0.25, 0.3) is 0 Å². The SMILES string of the molecule is O=C(O)c1c[se]cc1Br. The molecule has 0 radical (unpaired) electrons. The van der Waals surface area contributed by atoms with E-state index in [1.807, 2.05) is 4.94 Å². The molecule has 0 spiro atoms. The van der Waals surface area contributed by atoms with E-state index in [4.69, 9.17) is 5.11 Å². The van der Waals surface area contributed by atoms with Gasteiger partial charge in [0.05, 0.1) is 0 Å². The van der Waals surface area contributed by atoms with Crippen LogP contribution in [0.1, 0.15) is 10.4 Å². The molecular formula is C5H3BrO2Se. The Bertz CT molecular complexity index is 231. The fourth-order valence-electron chi connectivity index (χ4n) is 0.434. The van der Waals surface area contributed by atoms with Crippen LogP contribution in [0.4, 0.5) is 0 Å². The van der Waals surface area contributed by atoms with Gasteiger partial charge in [-0.25, -0.2) is 0 Å². The summed E-state index contributed by atoms with van der Waals surface area (Å²) >= 11 is 3.38. The Kier molecular flexibility index (Phi) is 2.11. The van der Waals surface area contributed by atoms with E-state index in [2.05, 4.69) is 15.9 Å². The molecule has 0 aliphatic carbocycles. The van der Waals surface area contributed by atoms with Gasteiger partial charge in [0.15, 0.2) is 0 Å². The number of carboxylic acids is 1.